The third-order valence-corrected chi connectivity index (χ3v) is 14.9. The maximum atomic E-state index is 6.03. The third-order valence-electron chi connectivity index (χ3n) is 14.9. The molecular weight excluding hydrogens is 1280 g/mol. The molecule has 7 aromatic rings. The fourth-order valence-electron chi connectivity index (χ4n) is 10.4. The summed E-state index contributed by atoms with van der Waals surface area (Å²) in [6.07, 6.45) is 11.1. The maximum absolute atomic E-state index is 6.03. The number of fused-ring (bicyclic) bond motifs is 3. The second kappa shape index (κ2) is 51.5. The molecule has 2 fully saturated rings. The SMILES string of the molecule is C.C.C.C.C.C.C.CC(C)(C)C.CC(C)(C)CC1CCN(Cc2ccccc2)CC1.CC(C)(C)NCc1ccccc1.CC(C)(C)OC1CCOC1.CC(C)(C)OCC1c2ccccc2-c2ccccc21.CC(C)(C)OCc1ccccc1.CC(C)(C)OCc1cccnc1.CC(C)(C)c1ccc[nH]1. The van der Waals surface area contributed by atoms with E-state index >= 15 is 0 Å². The Morgan fingerprint density at radius 1 is 0.462 bits per heavy atom. The van der Waals surface area contributed by atoms with E-state index in [1.54, 1.807) is 6.20 Å². The molecule has 0 radical (unpaired) electrons. The summed E-state index contributed by atoms with van der Waals surface area (Å²) < 4.78 is 28.1. The Kier molecular flexibility index (Phi) is 52.9. The average molecular weight is 1440 g/mol. The van der Waals surface area contributed by atoms with Gasteiger partial charge < -0.3 is 34.0 Å². The molecule has 1 aliphatic carbocycles. The number of piperidine rings is 1. The van der Waals surface area contributed by atoms with Gasteiger partial charge >= 0.3 is 0 Å². The maximum Gasteiger partial charge on any atom is 0.0837 e. The fourth-order valence-corrected chi connectivity index (χ4v) is 10.4. The number of pyridine rings is 1. The molecule has 2 aromatic heterocycles. The van der Waals surface area contributed by atoms with Crippen LogP contribution in [-0.4, -0.2) is 81.8 Å². The van der Waals surface area contributed by atoms with Gasteiger partial charge in [-0.15, -0.1) is 0 Å². The topological polar surface area (TPSA) is 90.1 Å². The van der Waals surface area contributed by atoms with Crippen molar-refractivity contribution >= 4 is 0 Å². The molecule has 0 spiro atoms. The summed E-state index contributed by atoms with van der Waals surface area (Å²) in [5, 5.41) is 3.44. The third kappa shape index (κ3) is 53.1. The van der Waals surface area contributed by atoms with Gasteiger partial charge in [-0.1, -0.05) is 267 Å². The molecule has 9 nitrogen and oxygen atoms in total. The highest BCUT2D eigenvalue weighted by Crippen LogP contribution is 2.45. The Labute approximate surface area is 645 Å². The van der Waals surface area contributed by atoms with Crippen LogP contribution in [0.2, 0.25) is 0 Å². The monoisotopic (exact) mass is 1440 g/mol. The summed E-state index contributed by atoms with van der Waals surface area (Å²) in [7, 11) is 0. The lowest BCUT2D eigenvalue weighted by atomic mass is 9.80. The summed E-state index contributed by atoms with van der Waals surface area (Å²) >= 11 is 0. The number of H-pyrrole nitrogens is 1. The molecule has 0 bridgehead atoms. The Bertz CT molecular complexity index is 2920. The number of rotatable bonds is 12. The van der Waals surface area contributed by atoms with Crippen LogP contribution in [0.4, 0.5) is 0 Å². The first-order valence-corrected chi connectivity index (χ1v) is 36.0. The molecule has 1 unspecified atom stereocenters. The predicted octanol–water partition coefficient (Wildman–Crippen LogP) is 27.3. The van der Waals surface area contributed by atoms with Crippen molar-refractivity contribution in [3.05, 3.63) is 221 Å². The zero-order valence-electron chi connectivity index (χ0n) is 65.7. The van der Waals surface area contributed by atoms with E-state index in [1.807, 2.05) is 75.6 Å². The van der Waals surface area contributed by atoms with Crippen LogP contribution in [0.3, 0.4) is 0 Å². The van der Waals surface area contributed by atoms with Crippen molar-refractivity contribution in [1.29, 1.82) is 0 Å². The summed E-state index contributed by atoms with van der Waals surface area (Å²) in [6, 6.07) is 57.0. The molecule has 2 N–H and O–H groups in total. The second-order valence-corrected chi connectivity index (χ2v) is 34.9. The van der Waals surface area contributed by atoms with Gasteiger partial charge in [0.1, 0.15) is 0 Å². The van der Waals surface area contributed by atoms with Crippen molar-refractivity contribution in [3.63, 3.8) is 0 Å². The number of nitrogens with zero attached hydrogens (tertiary/aromatic N) is 2. The first kappa shape index (κ1) is 107. The van der Waals surface area contributed by atoms with E-state index in [9.17, 15) is 0 Å². The average Bonchev–Trinajstić information content (AvgIpc) is 1.62. The minimum Gasteiger partial charge on any atom is -0.379 e. The van der Waals surface area contributed by atoms with Crippen LogP contribution < -0.4 is 5.32 Å². The van der Waals surface area contributed by atoms with Gasteiger partial charge in [0.25, 0.3) is 0 Å². The van der Waals surface area contributed by atoms with Gasteiger partial charge in [-0.05, 0) is 222 Å². The van der Waals surface area contributed by atoms with Gasteiger partial charge in [0.2, 0.25) is 0 Å². The van der Waals surface area contributed by atoms with Gasteiger partial charge in [-0.25, -0.2) is 0 Å². The van der Waals surface area contributed by atoms with Crippen molar-refractivity contribution in [3.8, 4) is 11.1 Å². The number of hydrogen-bond donors (Lipinski definition) is 2. The van der Waals surface area contributed by atoms with Crippen LogP contribution in [0.1, 0.15) is 296 Å². The number of aromatic amines is 1. The van der Waals surface area contributed by atoms with E-state index < -0.39 is 0 Å². The Balaban J connectivity index is -0.000000363. The quantitative estimate of drug-likeness (QED) is 0.125. The summed E-state index contributed by atoms with van der Waals surface area (Å²) in [6.45, 7) is 62.2. The van der Waals surface area contributed by atoms with Gasteiger partial charge in [0.15, 0.2) is 0 Å². The largest absolute Gasteiger partial charge is 0.379 e. The lowest BCUT2D eigenvalue weighted by Crippen LogP contribution is -2.34. The summed E-state index contributed by atoms with van der Waals surface area (Å²) in [4.78, 5) is 9.79. The second-order valence-electron chi connectivity index (χ2n) is 34.9. The van der Waals surface area contributed by atoms with E-state index in [1.165, 1.54) is 77.0 Å². The number of nitrogens with one attached hydrogen (secondary N) is 2. The number of hydrogen-bond acceptors (Lipinski definition) is 8. The highest BCUT2D eigenvalue weighted by atomic mass is 16.6. The first-order chi connectivity index (χ1) is 45.0. The summed E-state index contributed by atoms with van der Waals surface area (Å²) in [5.74, 6) is 1.31. The summed E-state index contributed by atoms with van der Waals surface area (Å²) in [5.41, 5.74) is 13.2. The highest BCUT2D eigenvalue weighted by molar-refractivity contribution is 5.78. The van der Waals surface area contributed by atoms with E-state index in [2.05, 4.69) is 294 Å². The Morgan fingerprint density at radius 3 is 1.25 bits per heavy atom. The van der Waals surface area contributed by atoms with Gasteiger partial charge in [0, 0.05) is 60.9 Å². The van der Waals surface area contributed by atoms with Gasteiger partial charge in [-0.2, -0.15) is 0 Å². The van der Waals surface area contributed by atoms with Crippen LogP contribution in [0.5, 0.6) is 0 Å². The normalized spacial score (nSPS) is 14.1. The van der Waals surface area contributed by atoms with Crippen LogP contribution in [0.15, 0.2) is 182 Å². The van der Waals surface area contributed by atoms with Crippen molar-refractivity contribution < 1.29 is 23.7 Å². The van der Waals surface area contributed by atoms with Crippen LogP contribution >= 0.6 is 0 Å². The minimum absolute atomic E-state index is 0. The number of ether oxygens (including phenoxy) is 5. The van der Waals surface area contributed by atoms with E-state index in [0.29, 0.717) is 36.1 Å². The van der Waals surface area contributed by atoms with Crippen molar-refractivity contribution in [2.75, 3.05) is 32.9 Å². The standard InChI is InChI=1S/C18H20O.C17H27N.C11H17N.C11H16O.C10H15NO.C8H13N.C8H16O2.C5H12.7CH4/c1-18(2,3)19-12-17-15-10-6-4-8-13(15)14-9-5-7-11-16(14)17;1-17(2,3)13-15-9-11-18(12-10-15)14-16-7-5-4-6-8-16;2*1-11(2,3)12-9-10-7-5-4-6-8-10;1-10(2,3)12-8-9-5-4-6-11-7-9;1-8(2,3)7-5-4-6-9-7;1-8(2,3)10-7-4-5-9-6-7;1-5(2,3)4;;;;;;;/h4-11,17H,12H2,1-3H3;4-8,15H,9-14H2,1-3H3;4-8,12H,9H2,1-3H3;4-8H,9H2,1-3H3;4-7H,8H2,1-3H3;4-6,9H,1-3H3;7H,4-6H2,1-3H3;1-4H3;7*1H4. The Hall–Kier alpha value is -5.75. The molecule has 10 rings (SSSR count). The lowest BCUT2D eigenvalue weighted by molar-refractivity contribution is -0.0605. The van der Waals surface area contributed by atoms with Gasteiger partial charge in [-0.3, -0.25) is 9.88 Å². The molecule has 3 aliphatic rings. The highest BCUT2D eigenvalue weighted by Gasteiger charge is 2.30. The molecular formula is C95H164N4O5. The molecule has 0 amide bonds. The molecule has 4 heterocycles. The molecule has 5 aromatic carbocycles. The van der Waals surface area contributed by atoms with Crippen LogP contribution in [0.25, 0.3) is 11.1 Å². The zero-order chi connectivity index (χ0) is 72.6. The predicted molar refractivity (Wildman–Crippen MR) is 463 cm³/mol. The molecule has 594 valence electrons. The molecule has 104 heavy (non-hydrogen) atoms. The molecule has 2 saturated heterocycles. The smallest absolute Gasteiger partial charge is 0.0837 e. The molecule has 1 atom stereocenters. The fraction of sp³-hybridized carbons (Fsp3) is 0.589. The van der Waals surface area contributed by atoms with Crippen LogP contribution in [-0.2, 0) is 55.4 Å². The molecule has 9 heteroatoms. The van der Waals surface area contributed by atoms with Crippen molar-refractivity contribution in [2.24, 2.45) is 16.7 Å². The number of likely N-dealkylation sites (tertiary alicyclic amines) is 1. The minimum atomic E-state index is -0.0908. The van der Waals surface area contributed by atoms with Crippen LogP contribution in [0, 0.1) is 16.7 Å². The lowest BCUT2D eigenvalue weighted by Gasteiger charge is -2.35. The van der Waals surface area contributed by atoms with Crippen molar-refractivity contribution in [2.45, 2.75) is 322 Å². The van der Waals surface area contributed by atoms with Gasteiger partial charge in [0.05, 0.1) is 54.9 Å². The van der Waals surface area contributed by atoms with E-state index in [0.717, 1.165) is 50.8 Å². The number of benzene rings is 5. The number of aromatic nitrogens is 2. The molecule has 0 saturated carbocycles. The van der Waals surface area contributed by atoms with E-state index in [4.69, 9.17) is 23.7 Å². The van der Waals surface area contributed by atoms with Crippen molar-refractivity contribution in [1.82, 2.24) is 20.2 Å². The molecule has 2 aliphatic heterocycles. The zero-order valence-corrected chi connectivity index (χ0v) is 65.7. The van der Waals surface area contributed by atoms with E-state index in [-0.39, 0.29) is 85.3 Å². The Morgan fingerprint density at radius 2 is 0.885 bits per heavy atom. The first-order valence-electron chi connectivity index (χ1n) is 36.0.